The van der Waals surface area contributed by atoms with Crippen LogP contribution in [0, 0.1) is 0 Å². The number of carbonyl (C=O) groups is 1. The molecule has 1 aromatic carbocycles. The fourth-order valence-corrected chi connectivity index (χ4v) is 2.59. The van der Waals surface area contributed by atoms with Gasteiger partial charge in [0.05, 0.1) is 12.6 Å². The van der Waals surface area contributed by atoms with E-state index in [0.717, 1.165) is 31.3 Å². The number of benzene rings is 1. The fraction of sp³-hybridized carbons (Fsp3) is 0.409. The van der Waals surface area contributed by atoms with E-state index in [-0.39, 0.29) is 12.2 Å². The Bertz CT molecular complexity index is 695. The minimum absolute atomic E-state index is 0.0845. The summed E-state index contributed by atoms with van der Waals surface area (Å²) in [5.74, 6) is -1.24. The molecule has 0 bridgehead atoms. The van der Waals surface area contributed by atoms with Crippen LogP contribution in [0.3, 0.4) is 0 Å². The molecule has 0 heterocycles. The fourth-order valence-electron chi connectivity index (χ4n) is 2.59. The number of aromatic carboxylic acids is 1. The minimum Gasteiger partial charge on any atom is -0.545 e. The Labute approximate surface area is 157 Å². The highest BCUT2D eigenvalue weighted by molar-refractivity contribution is 5.93. The number of hydrogen-bond acceptors (Lipinski definition) is 4. The number of carbonyl (C=O) groups excluding carboxylic acids is 1. The number of anilines is 1. The molecular weight excluding hydrogens is 326 g/mol. The van der Waals surface area contributed by atoms with Crippen molar-refractivity contribution < 1.29 is 15.0 Å². The molecule has 0 amide bonds. The van der Waals surface area contributed by atoms with E-state index in [1.54, 1.807) is 18.2 Å². The molecule has 0 saturated carbocycles. The summed E-state index contributed by atoms with van der Waals surface area (Å²) >= 11 is 0. The lowest BCUT2D eigenvalue weighted by molar-refractivity contribution is -0.254. The smallest absolute Gasteiger partial charge is 0.0830 e. The lowest BCUT2D eigenvalue weighted by atomic mass is 10.0. The van der Waals surface area contributed by atoms with Crippen LogP contribution in [0.25, 0.3) is 0 Å². The second-order valence-corrected chi connectivity index (χ2v) is 6.78. The second kappa shape index (κ2) is 11.3. The summed E-state index contributed by atoms with van der Waals surface area (Å²) in [6.07, 6.45) is 8.27. The predicted molar refractivity (Wildman–Crippen MR) is 106 cm³/mol. The van der Waals surface area contributed by atoms with Crippen LogP contribution in [0.1, 0.15) is 63.7 Å². The summed E-state index contributed by atoms with van der Waals surface area (Å²) in [4.78, 5) is 11.2. The maximum Gasteiger partial charge on any atom is 0.0830 e. The van der Waals surface area contributed by atoms with Gasteiger partial charge in [0.2, 0.25) is 0 Å². The number of para-hydroxylation sites is 1. The standard InChI is InChI=1S/C22H31NO3/c1-16(2)9-7-10-17(3)11-8-12-18(4)21(15-24)23-20-14-6-5-13-19(20)22(25)26/h5-6,9,11,13-14,23-24H,7-8,10,12,15H2,1-4H3,(H,25,26)/p-1/b17-11+,21-18+. The van der Waals surface area contributed by atoms with E-state index in [2.05, 4.69) is 38.2 Å². The van der Waals surface area contributed by atoms with E-state index >= 15 is 0 Å². The molecule has 0 radical (unpaired) electrons. The minimum atomic E-state index is -1.24. The maximum atomic E-state index is 11.2. The van der Waals surface area contributed by atoms with Gasteiger partial charge in [-0.3, -0.25) is 0 Å². The van der Waals surface area contributed by atoms with Gasteiger partial charge in [-0.25, -0.2) is 0 Å². The molecule has 0 aliphatic carbocycles. The van der Waals surface area contributed by atoms with Crippen molar-refractivity contribution in [2.24, 2.45) is 0 Å². The van der Waals surface area contributed by atoms with Crippen LogP contribution in [0.4, 0.5) is 5.69 Å². The molecule has 0 unspecified atom stereocenters. The highest BCUT2D eigenvalue weighted by Gasteiger charge is 2.07. The summed E-state index contributed by atoms with van der Waals surface area (Å²) < 4.78 is 0. The average Bonchev–Trinajstić information content (AvgIpc) is 2.59. The molecule has 142 valence electrons. The number of aliphatic hydroxyl groups excluding tert-OH is 1. The Morgan fingerprint density at radius 1 is 1.08 bits per heavy atom. The van der Waals surface area contributed by atoms with Crippen LogP contribution in [-0.2, 0) is 0 Å². The van der Waals surface area contributed by atoms with E-state index in [0.29, 0.717) is 11.4 Å². The largest absolute Gasteiger partial charge is 0.545 e. The van der Waals surface area contributed by atoms with Gasteiger partial charge in [0.15, 0.2) is 0 Å². The van der Waals surface area contributed by atoms with Crippen molar-refractivity contribution in [1.82, 2.24) is 0 Å². The highest BCUT2D eigenvalue weighted by Crippen LogP contribution is 2.20. The molecule has 4 heteroatoms. The van der Waals surface area contributed by atoms with Gasteiger partial charge >= 0.3 is 0 Å². The van der Waals surface area contributed by atoms with E-state index in [4.69, 9.17) is 0 Å². The average molecular weight is 356 g/mol. The van der Waals surface area contributed by atoms with Gasteiger partial charge in [0.25, 0.3) is 0 Å². The second-order valence-electron chi connectivity index (χ2n) is 6.78. The van der Waals surface area contributed by atoms with Crippen LogP contribution in [0.2, 0.25) is 0 Å². The van der Waals surface area contributed by atoms with Gasteiger partial charge in [0.1, 0.15) is 0 Å². The third-order valence-electron chi connectivity index (χ3n) is 4.21. The molecule has 1 rings (SSSR count). The Balaban J connectivity index is 2.71. The number of aliphatic hydroxyl groups is 1. The van der Waals surface area contributed by atoms with Crippen LogP contribution in [-0.4, -0.2) is 17.7 Å². The molecule has 1 aromatic rings. The van der Waals surface area contributed by atoms with Gasteiger partial charge in [-0.05, 0) is 59.4 Å². The Morgan fingerprint density at radius 3 is 2.35 bits per heavy atom. The zero-order valence-corrected chi connectivity index (χ0v) is 16.3. The van der Waals surface area contributed by atoms with Gasteiger partial charge in [-0.2, -0.15) is 0 Å². The summed E-state index contributed by atoms with van der Waals surface area (Å²) in [5, 5.41) is 23.9. The monoisotopic (exact) mass is 356 g/mol. The summed E-state index contributed by atoms with van der Waals surface area (Å²) in [6, 6.07) is 6.55. The summed E-state index contributed by atoms with van der Waals surface area (Å²) in [7, 11) is 0. The van der Waals surface area contributed by atoms with Gasteiger partial charge in [0, 0.05) is 16.9 Å². The highest BCUT2D eigenvalue weighted by atomic mass is 16.4. The first kappa shape index (κ1) is 21.7. The lowest BCUT2D eigenvalue weighted by Crippen LogP contribution is -2.24. The first-order chi connectivity index (χ1) is 12.3. The lowest BCUT2D eigenvalue weighted by Gasteiger charge is -2.16. The van der Waals surface area contributed by atoms with Crippen molar-refractivity contribution in [2.75, 3.05) is 11.9 Å². The molecule has 4 nitrogen and oxygen atoms in total. The number of hydrogen-bond donors (Lipinski definition) is 2. The molecule has 2 N–H and O–H groups in total. The molecule has 0 aliphatic heterocycles. The van der Waals surface area contributed by atoms with Crippen LogP contribution >= 0.6 is 0 Å². The Hall–Kier alpha value is -2.33. The van der Waals surface area contributed by atoms with Gasteiger partial charge in [-0.15, -0.1) is 0 Å². The topological polar surface area (TPSA) is 72.4 Å². The Kier molecular flexibility index (Phi) is 9.45. The van der Waals surface area contributed by atoms with E-state index in [1.807, 2.05) is 6.92 Å². The quantitative estimate of drug-likeness (QED) is 0.616. The number of nitrogens with one attached hydrogen (secondary N) is 1. The van der Waals surface area contributed by atoms with Gasteiger partial charge in [-0.1, -0.05) is 47.1 Å². The van der Waals surface area contributed by atoms with E-state index in [1.165, 1.54) is 17.2 Å². The van der Waals surface area contributed by atoms with Crippen molar-refractivity contribution in [1.29, 1.82) is 0 Å². The van der Waals surface area contributed by atoms with Crippen molar-refractivity contribution in [3.63, 3.8) is 0 Å². The van der Waals surface area contributed by atoms with Crippen molar-refractivity contribution in [3.8, 4) is 0 Å². The van der Waals surface area contributed by atoms with Crippen molar-refractivity contribution >= 4 is 11.7 Å². The van der Waals surface area contributed by atoms with Crippen LogP contribution in [0.5, 0.6) is 0 Å². The third-order valence-corrected chi connectivity index (χ3v) is 4.21. The molecule has 0 atom stereocenters. The molecule has 0 aliphatic rings. The van der Waals surface area contributed by atoms with E-state index < -0.39 is 5.97 Å². The molecule has 0 aromatic heterocycles. The predicted octanol–water partition coefficient (Wildman–Crippen LogP) is 4.20. The molecule has 26 heavy (non-hydrogen) atoms. The number of carboxylic acids is 1. The van der Waals surface area contributed by atoms with Gasteiger partial charge < -0.3 is 20.3 Å². The molecule has 0 saturated heterocycles. The zero-order chi connectivity index (χ0) is 19.5. The van der Waals surface area contributed by atoms with Crippen LogP contribution < -0.4 is 10.4 Å². The first-order valence-corrected chi connectivity index (χ1v) is 9.01. The first-order valence-electron chi connectivity index (χ1n) is 9.01. The normalized spacial score (nSPS) is 12.4. The molecule has 0 spiro atoms. The number of carboxylic acid groups (broad SMARTS) is 1. The number of allylic oxidation sites excluding steroid dienone is 5. The Morgan fingerprint density at radius 2 is 1.73 bits per heavy atom. The van der Waals surface area contributed by atoms with Crippen molar-refractivity contribution in [2.45, 2.75) is 53.4 Å². The van der Waals surface area contributed by atoms with Crippen molar-refractivity contribution in [3.05, 3.63) is 64.4 Å². The SMILES string of the molecule is CC(C)=CCC/C(C)=C/CC/C(C)=C(\CO)Nc1ccccc1C(=O)[O-]. The summed E-state index contributed by atoms with van der Waals surface area (Å²) in [6.45, 7) is 8.13. The number of rotatable bonds is 10. The molecular formula is C22H30NO3-. The zero-order valence-electron chi connectivity index (χ0n) is 16.3. The molecule has 0 fully saturated rings. The van der Waals surface area contributed by atoms with Crippen LogP contribution in [0.15, 0.2) is 58.8 Å². The summed E-state index contributed by atoms with van der Waals surface area (Å²) in [5.41, 5.74) is 4.86. The third kappa shape index (κ3) is 7.70. The van der Waals surface area contributed by atoms with E-state index in [9.17, 15) is 15.0 Å². The maximum absolute atomic E-state index is 11.2.